The predicted octanol–water partition coefficient (Wildman–Crippen LogP) is 1.59. The van der Waals surface area contributed by atoms with Gasteiger partial charge in [0.25, 0.3) is 0 Å². The van der Waals surface area contributed by atoms with Gasteiger partial charge in [0.2, 0.25) is 0 Å². The predicted molar refractivity (Wildman–Crippen MR) is 85.3 cm³/mol. The molecule has 0 fully saturated rings. The molecule has 1 unspecified atom stereocenters. The Hall–Kier alpha value is -0.601. The first-order valence-electron chi connectivity index (χ1n) is 6.81. The van der Waals surface area contributed by atoms with E-state index in [2.05, 4.69) is 34.3 Å². The van der Waals surface area contributed by atoms with Gasteiger partial charge in [-0.3, -0.25) is 0 Å². The van der Waals surface area contributed by atoms with Crippen LogP contribution in [0.5, 0.6) is 0 Å². The summed E-state index contributed by atoms with van der Waals surface area (Å²) < 4.78 is 6.41. The number of carbonyl (C=O) groups excluding carboxylic acids is 1. The third-order valence-electron chi connectivity index (χ3n) is 2.84. The molecule has 1 rings (SSSR count). The molecule has 0 heterocycles. The summed E-state index contributed by atoms with van der Waals surface area (Å²) in [5.41, 5.74) is 1.03. The molecule has 3 nitrogen and oxygen atoms in total. The van der Waals surface area contributed by atoms with Crippen molar-refractivity contribution >= 4 is 39.9 Å². The number of hydrogen-bond donors (Lipinski definition) is 0. The van der Waals surface area contributed by atoms with Gasteiger partial charge in [-0.1, -0.05) is 0 Å². The van der Waals surface area contributed by atoms with Crippen LogP contribution in [-0.4, -0.2) is 64.5 Å². The van der Waals surface area contributed by atoms with Gasteiger partial charge in [-0.15, -0.1) is 0 Å². The average molecular weight is 405 g/mol. The molecule has 110 valence electrons. The Morgan fingerprint density at radius 1 is 1.25 bits per heavy atom. The third-order valence-corrected chi connectivity index (χ3v) is 6.87. The fraction of sp³-hybridized carbons (Fsp3) is 0.467. The van der Waals surface area contributed by atoms with Crippen molar-refractivity contribution in [1.29, 1.82) is 0 Å². The first kappa shape index (κ1) is 17.5. The molecule has 0 amide bonds. The molecule has 0 saturated carbocycles. The van der Waals surface area contributed by atoms with E-state index in [-0.39, 0.29) is 25.7 Å². The summed E-state index contributed by atoms with van der Waals surface area (Å²) in [6.45, 7) is 8.42. The van der Waals surface area contributed by atoms with Gasteiger partial charge in [0.15, 0.2) is 0 Å². The SMILES string of the molecule is CCOC(=O)C([Se]C(=[Se])N(CC)CC)c1ccccc1. The first-order chi connectivity index (χ1) is 9.63. The van der Waals surface area contributed by atoms with Gasteiger partial charge < -0.3 is 0 Å². The van der Waals surface area contributed by atoms with E-state index in [4.69, 9.17) is 4.74 Å². The monoisotopic (exact) mass is 407 g/mol. The standard InChI is InChI=1S/C15H21NO2Se2/c1-4-16(5-2)15(19)20-13(14(17)18-6-3)12-10-8-7-9-11-12/h7-11,13H,4-6H2,1-3H3. The van der Waals surface area contributed by atoms with Crippen molar-refractivity contribution in [2.24, 2.45) is 0 Å². The Kier molecular flexibility index (Phi) is 8.16. The molecular weight excluding hydrogens is 384 g/mol. The maximum absolute atomic E-state index is 12.2. The van der Waals surface area contributed by atoms with Crippen molar-refractivity contribution in [3.8, 4) is 0 Å². The van der Waals surface area contributed by atoms with E-state index in [0.29, 0.717) is 6.61 Å². The second-order valence-corrected chi connectivity index (χ2v) is 8.52. The molecule has 5 heteroatoms. The minimum absolute atomic E-state index is 0.0135. The van der Waals surface area contributed by atoms with E-state index in [0.717, 1.165) is 18.7 Å². The van der Waals surface area contributed by atoms with E-state index >= 15 is 0 Å². The summed E-state index contributed by atoms with van der Waals surface area (Å²) in [5, 5.41) is 0. The average Bonchev–Trinajstić information content (AvgIpc) is 2.47. The summed E-state index contributed by atoms with van der Waals surface area (Å²) in [4.78, 5) is 14.3. The summed E-state index contributed by atoms with van der Waals surface area (Å²) in [6, 6.07) is 9.89. The minimum atomic E-state index is -0.180. The zero-order chi connectivity index (χ0) is 15.0. The fourth-order valence-corrected chi connectivity index (χ4v) is 5.58. The van der Waals surface area contributed by atoms with E-state index in [1.807, 2.05) is 37.3 Å². The second-order valence-electron chi connectivity index (χ2n) is 4.10. The van der Waals surface area contributed by atoms with Gasteiger partial charge >= 0.3 is 136 Å². The maximum atomic E-state index is 12.2. The van der Waals surface area contributed by atoms with Crippen LogP contribution in [0.3, 0.4) is 0 Å². The van der Waals surface area contributed by atoms with Crippen LogP contribution in [0.1, 0.15) is 31.2 Å². The van der Waals surface area contributed by atoms with E-state index in [1.165, 1.54) is 3.44 Å². The van der Waals surface area contributed by atoms with Crippen molar-refractivity contribution in [3.63, 3.8) is 0 Å². The number of ether oxygens (including phenoxy) is 1. The van der Waals surface area contributed by atoms with Crippen LogP contribution in [-0.2, 0) is 9.53 Å². The van der Waals surface area contributed by atoms with Crippen molar-refractivity contribution in [3.05, 3.63) is 35.9 Å². The molecule has 0 spiro atoms. The van der Waals surface area contributed by atoms with Crippen molar-refractivity contribution in [2.75, 3.05) is 19.7 Å². The molecule has 20 heavy (non-hydrogen) atoms. The number of rotatable bonds is 8. The Morgan fingerprint density at radius 3 is 2.35 bits per heavy atom. The summed E-state index contributed by atoms with van der Waals surface area (Å²) >= 11 is 3.15. The van der Waals surface area contributed by atoms with E-state index in [1.54, 1.807) is 0 Å². The van der Waals surface area contributed by atoms with E-state index < -0.39 is 0 Å². The molecule has 0 N–H and O–H groups in total. The van der Waals surface area contributed by atoms with Gasteiger partial charge in [0.05, 0.1) is 0 Å². The molecule has 0 saturated heterocycles. The molecular formula is C15H21NO2Se2. The quantitative estimate of drug-likeness (QED) is 0.486. The molecule has 0 radical (unpaired) electrons. The number of hydrogen-bond acceptors (Lipinski definition) is 3. The van der Waals surface area contributed by atoms with Crippen LogP contribution in [0, 0.1) is 0 Å². The van der Waals surface area contributed by atoms with Gasteiger partial charge in [0.1, 0.15) is 0 Å². The van der Waals surface area contributed by atoms with Gasteiger partial charge in [-0.2, -0.15) is 0 Å². The Balaban J connectivity index is 2.89. The van der Waals surface area contributed by atoms with Crippen LogP contribution in [0.2, 0.25) is 0 Å². The van der Waals surface area contributed by atoms with Crippen LogP contribution in [0.15, 0.2) is 30.3 Å². The van der Waals surface area contributed by atoms with Crippen molar-refractivity contribution in [2.45, 2.75) is 25.6 Å². The fourth-order valence-electron chi connectivity index (χ4n) is 1.76. The Labute approximate surface area is 135 Å². The molecule has 0 bridgehead atoms. The molecule has 1 atom stereocenters. The van der Waals surface area contributed by atoms with Crippen LogP contribution in [0.4, 0.5) is 0 Å². The Morgan fingerprint density at radius 2 is 1.85 bits per heavy atom. The number of benzene rings is 1. The Bertz CT molecular complexity index is 433. The summed E-state index contributed by atoms with van der Waals surface area (Å²) in [6.07, 6.45) is 0. The molecule has 1 aromatic carbocycles. The third kappa shape index (κ3) is 5.06. The summed E-state index contributed by atoms with van der Waals surface area (Å²) in [7, 11) is 0. The van der Waals surface area contributed by atoms with Crippen molar-refractivity contribution < 1.29 is 9.53 Å². The second kappa shape index (κ2) is 9.36. The number of carbonyl (C=O) groups is 1. The van der Waals surface area contributed by atoms with Crippen LogP contribution >= 0.6 is 0 Å². The number of esters is 1. The molecule has 0 aliphatic carbocycles. The van der Waals surface area contributed by atoms with E-state index in [9.17, 15) is 4.79 Å². The molecule has 0 aliphatic rings. The van der Waals surface area contributed by atoms with Gasteiger partial charge in [-0.25, -0.2) is 0 Å². The first-order valence-corrected chi connectivity index (χ1v) is 9.51. The summed E-state index contributed by atoms with van der Waals surface area (Å²) in [5.74, 6) is -0.126. The normalized spacial score (nSPS) is 11.8. The van der Waals surface area contributed by atoms with Gasteiger partial charge in [0, 0.05) is 0 Å². The van der Waals surface area contributed by atoms with Gasteiger partial charge in [-0.05, 0) is 0 Å². The molecule has 1 aromatic rings. The number of nitrogens with zero attached hydrogens (tertiary/aromatic N) is 1. The zero-order valence-corrected chi connectivity index (χ0v) is 15.6. The van der Waals surface area contributed by atoms with Crippen LogP contribution in [0.25, 0.3) is 0 Å². The van der Waals surface area contributed by atoms with Crippen LogP contribution < -0.4 is 0 Å². The molecule has 0 aromatic heterocycles. The topological polar surface area (TPSA) is 29.5 Å². The molecule has 0 aliphatic heterocycles. The van der Waals surface area contributed by atoms with Crippen molar-refractivity contribution in [1.82, 2.24) is 4.90 Å². The zero-order valence-electron chi connectivity index (χ0n) is 12.2.